The fourth-order valence-corrected chi connectivity index (χ4v) is 1.97. The first kappa shape index (κ1) is 12.1. The first-order valence-corrected chi connectivity index (χ1v) is 5.77. The molecular weight excluding hydrogens is 238 g/mol. The number of benzene rings is 1. The second-order valence-electron chi connectivity index (χ2n) is 3.94. The number of aliphatic hydroxyl groups excluding tert-OH is 1. The monoisotopic (exact) mass is 251 g/mol. The molecule has 0 radical (unpaired) electrons. The van der Waals surface area contributed by atoms with Crippen LogP contribution in [0.2, 0.25) is 5.02 Å². The van der Waals surface area contributed by atoms with Crippen LogP contribution in [0.15, 0.2) is 30.6 Å². The standard InChI is InChI=1S/C12H14ClN3O/c1-16-12(14-8-15-16)6-10(7-17)9-3-2-4-11(13)5-9/h2-5,8,10,17H,6-7H2,1H3. The maximum atomic E-state index is 9.46. The average molecular weight is 252 g/mol. The quantitative estimate of drug-likeness (QED) is 0.901. The van der Waals surface area contributed by atoms with Gasteiger partial charge in [-0.05, 0) is 17.7 Å². The lowest BCUT2D eigenvalue weighted by Crippen LogP contribution is -2.11. The Balaban J connectivity index is 2.20. The third-order valence-electron chi connectivity index (χ3n) is 2.77. The van der Waals surface area contributed by atoms with Gasteiger partial charge in [0.2, 0.25) is 0 Å². The zero-order chi connectivity index (χ0) is 12.3. The van der Waals surface area contributed by atoms with Crippen molar-refractivity contribution in [2.45, 2.75) is 12.3 Å². The number of hydrogen-bond donors (Lipinski definition) is 1. The van der Waals surface area contributed by atoms with Crippen molar-refractivity contribution in [3.63, 3.8) is 0 Å². The minimum Gasteiger partial charge on any atom is -0.396 e. The number of hydrogen-bond acceptors (Lipinski definition) is 3. The molecule has 5 heteroatoms. The summed E-state index contributed by atoms with van der Waals surface area (Å²) in [6.07, 6.45) is 2.16. The van der Waals surface area contributed by atoms with Crippen molar-refractivity contribution in [2.24, 2.45) is 7.05 Å². The van der Waals surface area contributed by atoms with E-state index in [9.17, 15) is 5.11 Å². The molecule has 0 fully saturated rings. The van der Waals surface area contributed by atoms with Crippen LogP contribution in [0.1, 0.15) is 17.3 Å². The smallest absolute Gasteiger partial charge is 0.138 e. The maximum absolute atomic E-state index is 9.46. The Bertz CT molecular complexity index is 498. The first-order valence-electron chi connectivity index (χ1n) is 5.40. The predicted octanol–water partition coefficient (Wildman–Crippen LogP) is 1.79. The van der Waals surface area contributed by atoms with E-state index in [1.54, 1.807) is 4.68 Å². The SMILES string of the molecule is Cn1ncnc1CC(CO)c1cccc(Cl)c1. The zero-order valence-electron chi connectivity index (χ0n) is 9.55. The van der Waals surface area contributed by atoms with Crippen LogP contribution in [0.25, 0.3) is 0 Å². The van der Waals surface area contributed by atoms with E-state index in [0.29, 0.717) is 11.4 Å². The summed E-state index contributed by atoms with van der Waals surface area (Å²) in [6.45, 7) is 0.0627. The lowest BCUT2D eigenvalue weighted by atomic mass is 9.96. The summed E-state index contributed by atoms with van der Waals surface area (Å²) < 4.78 is 1.72. The number of halogens is 1. The van der Waals surface area contributed by atoms with Gasteiger partial charge < -0.3 is 5.11 Å². The summed E-state index contributed by atoms with van der Waals surface area (Å²) in [5.41, 5.74) is 1.02. The van der Waals surface area contributed by atoms with Gasteiger partial charge in [-0.1, -0.05) is 23.7 Å². The molecule has 0 bridgehead atoms. The highest BCUT2D eigenvalue weighted by Crippen LogP contribution is 2.22. The van der Waals surface area contributed by atoms with Gasteiger partial charge >= 0.3 is 0 Å². The molecule has 0 aliphatic heterocycles. The van der Waals surface area contributed by atoms with Crippen LogP contribution in [-0.2, 0) is 13.5 Å². The van der Waals surface area contributed by atoms with Gasteiger partial charge in [-0.15, -0.1) is 0 Å². The predicted molar refractivity (Wildman–Crippen MR) is 66.0 cm³/mol. The lowest BCUT2D eigenvalue weighted by Gasteiger charge is -2.14. The van der Waals surface area contributed by atoms with Gasteiger partial charge in [-0.3, -0.25) is 4.68 Å². The number of aryl methyl sites for hydroxylation is 1. The largest absolute Gasteiger partial charge is 0.396 e. The second kappa shape index (κ2) is 5.29. The van der Waals surface area contributed by atoms with Crippen molar-refractivity contribution in [1.29, 1.82) is 0 Å². The van der Waals surface area contributed by atoms with E-state index in [0.717, 1.165) is 11.4 Å². The third-order valence-corrected chi connectivity index (χ3v) is 3.01. The zero-order valence-corrected chi connectivity index (χ0v) is 10.3. The minimum absolute atomic E-state index is 0.00315. The molecule has 4 nitrogen and oxygen atoms in total. The number of rotatable bonds is 4. The minimum atomic E-state index is -0.00315. The summed E-state index contributed by atoms with van der Waals surface area (Å²) in [4.78, 5) is 4.16. The molecule has 0 aliphatic rings. The van der Waals surface area contributed by atoms with Crippen LogP contribution in [0, 0.1) is 0 Å². The van der Waals surface area contributed by atoms with E-state index in [1.807, 2.05) is 31.3 Å². The molecule has 1 unspecified atom stereocenters. The molecular formula is C12H14ClN3O. The van der Waals surface area contributed by atoms with Crippen molar-refractivity contribution < 1.29 is 5.11 Å². The molecule has 1 N–H and O–H groups in total. The van der Waals surface area contributed by atoms with Gasteiger partial charge in [0.25, 0.3) is 0 Å². The molecule has 2 rings (SSSR count). The average Bonchev–Trinajstić information content (AvgIpc) is 2.71. The van der Waals surface area contributed by atoms with Crippen molar-refractivity contribution in [3.8, 4) is 0 Å². The van der Waals surface area contributed by atoms with Gasteiger partial charge in [0.15, 0.2) is 0 Å². The van der Waals surface area contributed by atoms with Crippen LogP contribution < -0.4 is 0 Å². The Morgan fingerprint density at radius 3 is 2.88 bits per heavy atom. The van der Waals surface area contributed by atoms with Crippen molar-refractivity contribution in [1.82, 2.24) is 14.8 Å². The van der Waals surface area contributed by atoms with Gasteiger partial charge in [-0.2, -0.15) is 5.10 Å². The fourth-order valence-electron chi connectivity index (χ4n) is 1.77. The molecule has 17 heavy (non-hydrogen) atoms. The van der Waals surface area contributed by atoms with Crippen LogP contribution in [-0.4, -0.2) is 26.5 Å². The second-order valence-corrected chi connectivity index (χ2v) is 4.37. The number of aromatic nitrogens is 3. The molecule has 1 heterocycles. The highest BCUT2D eigenvalue weighted by Gasteiger charge is 2.14. The Morgan fingerprint density at radius 1 is 1.47 bits per heavy atom. The Labute approximate surface area is 105 Å². The maximum Gasteiger partial charge on any atom is 0.138 e. The Hall–Kier alpha value is -1.39. The highest BCUT2D eigenvalue weighted by molar-refractivity contribution is 6.30. The van der Waals surface area contributed by atoms with E-state index in [2.05, 4.69) is 10.1 Å². The molecule has 0 amide bonds. The van der Waals surface area contributed by atoms with Crippen LogP contribution in [0.4, 0.5) is 0 Å². The van der Waals surface area contributed by atoms with Crippen LogP contribution in [0.3, 0.4) is 0 Å². The van der Waals surface area contributed by atoms with E-state index in [4.69, 9.17) is 11.6 Å². The Morgan fingerprint density at radius 2 is 2.29 bits per heavy atom. The molecule has 90 valence electrons. The molecule has 0 aliphatic carbocycles. The molecule has 0 saturated heterocycles. The molecule has 1 aromatic heterocycles. The van der Waals surface area contributed by atoms with E-state index in [1.165, 1.54) is 6.33 Å². The topological polar surface area (TPSA) is 50.9 Å². The van der Waals surface area contributed by atoms with Crippen molar-refractivity contribution in [2.75, 3.05) is 6.61 Å². The van der Waals surface area contributed by atoms with Gasteiger partial charge in [0.05, 0.1) is 6.61 Å². The summed E-state index contributed by atoms with van der Waals surface area (Å²) >= 11 is 5.94. The van der Waals surface area contributed by atoms with Crippen molar-refractivity contribution in [3.05, 3.63) is 47.0 Å². The Kier molecular flexibility index (Phi) is 3.76. The molecule has 1 atom stereocenters. The highest BCUT2D eigenvalue weighted by atomic mass is 35.5. The number of aliphatic hydroxyl groups is 1. The molecule has 0 spiro atoms. The third kappa shape index (κ3) is 2.84. The normalized spacial score (nSPS) is 12.6. The molecule has 2 aromatic rings. The van der Waals surface area contributed by atoms with Gasteiger partial charge in [0, 0.05) is 24.4 Å². The summed E-state index contributed by atoms with van der Waals surface area (Å²) in [5.74, 6) is 0.848. The number of nitrogens with zero attached hydrogens (tertiary/aromatic N) is 3. The van der Waals surface area contributed by atoms with Crippen LogP contribution in [0.5, 0.6) is 0 Å². The van der Waals surface area contributed by atoms with E-state index < -0.39 is 0 Å². The fraction of sp³-hybridized carbons (Fsp3) is 0.333. The van der Waals surface area contributed by atoms with Gasteiger partial charge in [0.1, 0.15) is 12.2 Å². The van der Waals surface area contributed by atoms with E-state index >= 15 is 0 Å². The van der Waals surface area contributed by atoms with E-state index in [-0.39, 0.29) is 12.5 Å². The summed E-state index contributed by atoms with van der Waals surface area (Å²) in [5, 5.41) is 14.2. The van der Waals surface area contributed by atoms with Crippen LogP contribution >= 0.6 is 11.6 Å². The van der Waals surface area contributed by atoms with Gasteiger partial charge in [-0.25, -0.2) is 4.98 Å². The molecule has 1 aromatic carbocycles. The van der Waals surface area contributed by atoms with Crippen molar-refractivity contribution >= 4 is 11.6 Å². The summed E-state index contributed by atoms with van der Waals surface area (Å²) in [7, 11) is 1.84. The molecule has 0 saturated carbocycles. The summed E-state index contributed by atoms with van der Waals surface area (Å²) in [6, 6.07) is 7.54. The first-order chi connectivity index (χ1) is 8.20. The lowest BCUT2D eigenvalue weighted by molar-refractivity contribution is 0.262.